The van der Waals surface area contributed by atoms with Gasteiger partial charge in [-0.3, -0.25) is 0 Å². The molecule has 0 spiro atoms. The predicted molar refractivity (Wildman–Crippen MR) is 86.9 cm³/mol. The van der Waals surface area contributed by atoms with Crippen LogP contribution < -0.4 is 5.73 Å². The van der Waals surface area contributed by atoms with Crippen LogP contribution in [0.4, 0.5) is 0 Å². The van der Waals surface area contributed by atoms with Crippen molar-refractivity contribution in [2.75, 3.05) is 13.6 Å². The second-order valence-corrected chi connectivity index (χ2v) is 6.29. The van der Waals surface area contributed by atoms with Gasteiger partial charge in [0.1, 0.15) is 0 Å². The Morgan fingerprint density at radius 1 is 1.10 bits per heavy atom. The molecule has 1 aliphatic rings. The van der Waals surface area contributed by atoms with Gasteiger partial charge < -0.3 is 10.6 Å². The van der Waals surface area contributed by atoms with E-state index >= 15 is 0 Å². The van der Waals surface area contributed by atoms with Crippen LogP contribution in [0.25, 0.3) is 0 Å². The van der Waals surface area contributed by atoms with Gasteiger partial charge >= 0.3 is 0 Å². The first kappa shape index (κ1) is 15.5. The average molecular weight is 274 g/mol. The third-order valence-electron chi connectivity index (χ3n) is 4.75. The van der Waals surface area contributed by atoms with Crippen molar-refractivity contribution in [2.45, 2.75) is 64.0 Å². The molecule has 2 rings (SSSR count). The number of benzene rings is 1. The summed E-state index contributed by atoms with van der Waals surface area (Å²) >= 11 is 0. The van der Waals surface area contributed by atoms with Crippen molar-refractivity contribution in [3.05, 3.63) is 35.4 Å². The molecule has 0 bridgehead atoms. The number of hydrogen-bond donors (Lipinski definition) is 1. The van der Waals surface area contributed by atoms with Crippen molar-refractivity contribution in [1.82, 2.24) is 4.90 Å². The van der Waals surface area contributed by atoms with Gasteiger partial charge in [0.05, 0.1) is 0 Å². The third-order valence-corrected chi connectivity index (χ3v) is 4.75. The Morgan fingerprint density at radius 3 is 2.25 bits per heavy atom. The summed E-state index contributed by atoms with van der Waals surface area (Å²) in [7, 11) is 2.25. The van der Waals surface area contributed by atoms with Gasteiger partial charge in [0.2, 0.25) is 0 Å². The molecule has 112 valence electrons. The average Bonchev–Trinajstić information content (AvgIpc) is 2.76. The summed E-state index contributed by atoms with van der Waals surface area (Å²) in [6.07, 6.45) is 9.38. The Balaban J connectivity index is 1.89. The molecule has 1 aromatic rings. The van der Waals surface area contributed by atoms with Crippen molar-refractivity contribution in [3.8, 4) is 0 Å². The second-order valence-electron chi connectivity index (χ2n) is 6.29. The van der Waals surface area contributed by atoms with E-state index in [1.165, 1.54) is 49.7 Å². The Morgan fingerprint density at radius 2 is 1.70 bits per heavy atom. The molecule has 2 N–H and O–H groups in total. The van der Waals surface area contributed by atoms with Crippen LogP contribution >= 0.6 is 0 Å². The molecule has 0 radical (unpaired) electrons. The zero-order valence-corrected chi connectivity index (χ0v) is 13.1. The van der Waals surface area contributed by atoms with Crippen molar-refractivity contribution in [3.63, 3.8) is 0 Å². The van der Waals surface area contributed by atoms with Gasteiger partial charge in [-0.15, -0.1) is 0 Å². The molecule has 2 heteroatoms. The first-order valence-corrected chi connectivity index (χ1v) is 8.25. The molecule has 1 saturated carbocycles. The maximum absolute atomic E-state index is 6.39. The number of hydrogen-bond acceptors (Lipinski definition) is 2. The fourth-order valence-corrected chi connectivity index (χ4v) is 3.26. The summed E-state index contributed by atoms with van der Waals surface area (Å²) in [6, 6.07) is 9.68. The Hall–Kier alpha value is -0.860. The molecule has 1 fully saturated rings. The van der Waals surface area contributed by atoms with E-state index in [2.05, 4.69) is 43.1 Å². The zero-order valence-electron chi connectivity index (χ0n) is 13.1. The van der Waals surface area contributed by atoms with Crippen molar-refractivity contribution in [1.29, 1.82) is 0 Å². The van der Waals surface area contributed by atoms with E-state index in [1.807, 2.05) is 0 Å². The van der Waals surface area contributed by atoms with Gasteiger partial charge in [0, 0.05) is 18.6 Å². The Bertz CT molecular complexity index is 377. The summed E-state index contributed by atoms with van der Waals surface area (Å²) in [6.45, 7) is 3.16. The highest BCUT2D eigenvalue weighted by Crippen LogP contribution is 2.22. The van der Waals surface area contributed by atoms with Gasteiger partial charge in [0.25, 0.3) is 0 Å². The molecule has 0 saturated heterocycles. The van der Waals surface area contributed by atoms with Gasteiger partial charge in [-0.05, 0) is 37.4 Å². The first-order valence-electron chi connectivity index (χ1n) is 8.25. The lowest BCUT2D eigenvalue weighted by Crippen LogP contribution is -2.37. The predicted octanol–water partition coefficient (Wildman–Crippen LogP) is 3.90. The van der Waals surface area contributed by atoms with Gasteiger partial charge in [0.15, 0.2) is 0 Å². The summed E-state index contributed by atoms with van der Waals surface area (Å²) < 4.78 is 0. The smallest absolute Gasteiger partial charge is 0.0424 e. The molecular formula is C18H30N2. The summed E-state index contributed by atoms with van der Waals surface area (Å²) in [5.74, 6) is 0. The fraction of sp³-hybridized carbons (Fsp3) is 0.667. The molecule has 0 aromatic heterocycles. The summed E-state index contributed by atoms with van der Waals surface area (Å²) in [5, 5.41) is 0. The number of aryl methyl sites for hydroxylation is 1. The lowest BCUT2D eigenvalue weighted by atomic mass is 10.0. The zero-order chi connectivity index (χ0) is 14.4. The molecule has 1 aliphatic carbocycles. The molecule has 20 heavy (non-hydrogen) atoms. The SMILES string of the molecule is CCc1ccc(C(N)CN(C)C2CCCCCC2)cc1. The number of rotatable bonds is 5. The molecule has 1 unspecified atom stereocenters. The van der Waals surface area contributed by atoms with Crippen molar-refractivity contribution >= 4 is 0 Å². The van der Waals surface area contributed by atoms with Crippen LogP contribution in [0.2, 0.25) is 0 Å². The van der Waals surface area contributed by atoms with Crippen LogP contribution in [0.1, 0.15) is 62.6 Å². The lowest BCUT2D eigenvalue weighted by Gasteiger charge is -2.29. The summed E-state index contributed by atoms with van der Waals surface area (Å²) in [4.78, 5) is 2.49. The van der Waals surface area contributed by atoms with E-state index in [4.69, 9.17) is 5.73 Å². The number of nitrogens with two attached hydrogens (primary N) is 1. The Kier molecular flexibility index (Phi) is 6.06. The maximum atomic E-state index is 6.39. The van der Waals surface area contributed by atoms with E-state index < -0.39 is 0 Å². The molecule has 2 nitrogen and oxygen atoms in total. The Labute approximate surface area is 124 Å². The van der Waals surface area contributed by atoms with Crippen LogP contribution in [-0.4, -0.2) is 24.5 Å². The normalized spacial score (nSPS) is 19.0. The van der Waals surface area contributed by atoms with Crippen LogP contribution in [-0.2, 0) is 6.42 Å². The largest absolute Gasteiger partial charge is 0.323 e. The maximum Gasteiger partial charge on any atom is 0.0424 e. The van der Waals surface area contributed by atoms with E-state index in [0.717, 1.165) is 19.0 Å². The second kappa shape index (κ2) is 7.80. The fourth-order valence-electron chi connectivity index (χ4n) is 3.26. The third kappa shape index (κ3) is 4.32. The lowest BCUT2D eigenvalue weighted by molar-refractivity contribution is 0.209. The minimum absolute atomic E-state index is 0.133. The molecular weight excluding hydrogens is 244 g/mol. The van der Waals surface area contributed by atoms with Crippen LogP contribution in [0, 0.1) is 0 Å². The van der Waals surface area contributed by atoms with Crippen molar-refractivity contribution < 1.29 is 0 Å². The number of likely N-dealkylation sites (N-methyl/N-ethyl adjacent to an activating group) is 1. The molecule has 1 aromatic carbocycles. The number of nitrogens with zero attached hydrogens (tertiary/aromatic N) is 1. The molecule has 0 heterocycles. The quantitative estimate of drug-likeness (QED) is 0.825. The highest BCUT2D eigenvalue weighted by molar-refractivity contribution is 5.25. The van der Waals surface area contributed by atoms with E-state index in [9.17, 15) is 0 Å². The monoisotopic (exact) mass is 274 g/mol. The minimum Gasteiger partial charge on any atom is -0.323 e. The molecule has 0 amide bonds. The molecule has 0 aliphatic heterocycles. The molecule has 1 atom stereocenters. The van der Waals surface area contributed by atoms with Gasteiger partial charge in [-0.2, -0.15) is 0 Å². The van der Waals surface area contributed by atoms with Crippen LogP contribution in [0.3, 0.4) is 0 Å². The van der Waals surface area contributed by atoms with Crippen LogP contribution in [0.15, 0.2) is 24.3 Å². The first-order chi connectivity index (χ1) is 9.70. The van der Waals surface area contributed by atoms with Crippen molar-refractivity contribution in [2.24, 2.45) is 5.73 Å². The minimum atomic E-state index is 0.133. The van der Waals surface area contributed by atoms with Gasteiger partial charge in [-0.1, -0.05) is 56.9 Å². The van der Waals surface area contributed by atoms with Crippen LogP contribution in [0.5, 0.6) is 0 Å². The van der Waals surface area contributed by atoms with Gasteiger partial charge in [-0.25, -0.2) is 0 Å². The highest BCUT2D eigenvalue weighted by Gasteiger charge is 2.19. The standard InChI is InChI=1S/C18H30N2/c1-3-15-10-12-16(13-11-15)18(19)14-20(2)17-8-6-4-5-7-9-17/h10-13,17-18H,3-9,14,19H2,1-2H3. The van der Waals surface area contributed by atoms with E-state index in [0.29, 0.717) is 0 Å². The summed E-state index contributed by atoms with van der Waals surface area (Å²) in [5.41, 5.74) is 9.04. The topological polar surface area (TPSA) is 29.3 Å². The van der Waals surface area contributed by atoms with E-state index in [-0.39, 0.29) is 6.04 Å². The van der Waals surface area contributed by atoms with E-state index in [1.54, 1.807) is 0 Å². The highest BCUT2D eigenvalue weighted by atomic mass is 15.1.